The maximum absolute atomic E-state index is 13.5. The number of nitrogens with zero attached hydrogens (tertiary/aromatic N) is 1. The van der Waals surface area contributed by atoms with Crippen LogP contribution in [0.3, 0.4) is 0 Å². The van der Waals surface area contributed by atoms with E-state index < -0.39 is 24.8 Å². The van der Waals surface area contributed by atoms with E-state index in [1.165, 1.54) is 0 Å². The first-order valence-corrected chi connectivity index (χ1v) is 6.04. The molecule has 0 spiro atoms. The molecule has 2 unspecified atom stereocenters. The van der Waals surface area contributed by atoms with Gasteiger partial charge in [0.2, 0.25) is 0 Å². The fourth-order valence-electron chi connectivity index (χ4n) is 1.78. The van der Waals surface area contributed by atoms with Crippen LogP contribution in [0.2, 0.25) is 0 Å². The van der Waals surface area contributed by atoms with E-state index in [0.29, 0.717) is 16.7 Å². The summed E-state index contributed by atoms with van der Waals surface area (Å²) in [5, 5.41) is 0.616. The number of carbonyl (C=O) groups excluding carboxylic acids is 1. The first-order valence-electron chi connectivity index (χ1n) is 4.92. The van der Waals surface area contributed by atoms with Gasteiger partial charge in [0.15, 0.2) is 0 Å². The lowest BCUT2D eigenvalue weighted by Crippen LogP contribution is -2.49. The van der Waals surface area contributed by atoms with Crippen LogP contribution in [0.5, 0.6) is 0 Å². The molecule has 0 bridgehead atoms. The van der Waals surface area contributed by atoms with Gasteiger partial charge in [0, 0.05) is 11.9 Å². The van der Waals surface area contributed by atoms with Gasteiger partial charge in [0.25, 0.3) is 0 Å². The quantitative estimate of drug-likeness (QED) is 0.567. The largest absolute Gasteiger partial charge is 0.471 e. The zero-order valence-electron chi connectivity index (χ0n) is 8.44. The van der Waals surface area contributed by atoms with Crippen molar-refractivity contribution in [1.29, 1.82) is 0 Å². The van der Waals surface area contributed by atoms with Crippen molar-refractivity contribution in [2.45, 2.75) is 25.2 Å². The lowest BCUT2D eigenvalue weighted by molar-refractivity contribution is -0.188. The number of alkyl halides is 5. The number of likely N-dealkylation sites (tertiary alicyclic amines) is 1. The van der Waals surface area contributed by atoms with E-state index in [4.69, 9.17) is 0 Å². The molecular weight excluding hydrogens is 294 g/mol. The molecule has 1 saturated heterocycles. The Balaban J connectivity index is 2.54. The van der Waals surface area contributed by atoms with E-state index in [1.54, 1.807) is 0 Å². The van der Waals surface area contributed by atoms with Crippen LogP contribution in [0.1, 0.15) is 12.8 Å². The van der Waals surface area contributed by atoms with E-state index in [-0.39, 0.29) is 18.9 Å². The predicted molar refractivity (Wildman–Crippen MR) is 54.0 cm³/mol. The van der Waals surface area contributed by atoms with Crippen LogP contribution in [-0.4, -0.2) is 41.6 Å². The highest BCUT2D eigenvalue weighted by Crippen LogP contribution is 2.27. The minimum Gasteiger partial charge on any atom is -0.332 e. The molecule has 1 aliphatic heterocycles. The van der Waals surface area contributed by atoms with Crippen LogP contribution in [0.4, 0.5) is 17.6 Å². The fraction of sp³-hybridized carbons (Fsp3) is 0.889. The van der Waals surface area contributed by atoms with Gasteiger partial charge in [0.05, 0.1) is 6.54 Å². The van der Waals surface area contributed by atoms with Crippen LogP contribution >= 0.6 is 15.9 Å². The van der Waals surface area contributed by atoms with Crippen LogP contribution in [0.15, 0.2) is 0 Å². The number of carbonyl (C=O) groups is 1. The van der Waals surface area contributed by atoms with Crippen molar-refractivity contribution in [2.75, 3.05) is 18.4 Å². The summed E-state index contributed by atoms with van der Waals surface area (Å²) >= 11 is 3.16. The second-order valence-corrected chi connectivity index (χ2v) is 4.58. The molecule has 2 nitrogen and oxygen atoms in total. The maximum Gasteiger partial charge on any atom is 0.471 e. The summed E-state index contributed by atoms with van der Waals surface area (Å²) in [6, 6.07) is 0. The molecule has 0 aromatic carbocycles. The standard InChI is InChI=1S/C9H12BrF4NO/c10-3-1-6-2-4-15(5-7(6)11)8(16)9(12,13)14/h6-7H,1-5H2. The summed E-state index contributed by atoms with van der Waals surface area (Å²) < 4.78 is 49.7. The summed E-state index contributed by atoms with van der Waals surface area (Å²) in [5.41, 5.74) is 0. The monoisotopic (exact) mass is 305 g/mol. The Morgan fingerprint density at radius 3 is 2.50 bits per heavy atom. The van der Waals surface area contributed by atoms with Crippen LogP contribution in [-0.2, 0) is 4.79 Å². The molecule has 0 aliphatic carbocycles. The number of piperidine rings is 1. The van der Waals surface area contributed by atoms with Crippen molar-refractivity contribution < 1.29 is 22.4 Å². The SMILES string of the molecule is O=C(N1CCC(CCBr)C(F)C1)C(F)(F)F. The van der Waals surface area contributed by atoms with Gasteiger partial charge in [0.1, 0.15) is 6.17 Å². The average molecular weight is 306 g/mol. The van der Waals surface area contributed by atoms with Crippen molar-refractivity contribution in [3.05, 3.63) is 0 Å². The molecule has 0 radical (unpaired) electrons. The van der Waals surface area contributed by atoms with E-state index in [1.807, 2.05) is 0 Å². The number of hydrogen-bond acceptors (Lipinski definition) is 1. The first kappa shape index (κ1) is 13.7. The number of halogens is 5. The van der Waals surface area contributed by atoms with Gasteiger partial charge in [-0.3, -0.25) is 4.79 Å². The Bertz CT molecular complexity index is 258. The van der Waals surface area contributed by atoms with Gasteiger partial charge in [-0.25, -0.2) is 4.39 Å². The molecule has 1 rings (SSSR count). The molecule has 0 aromatic rings. The second kappa shape index (κ2) is 5.33. The van der Waals surface area contributed by atoms with Gasteiger partial charge >= 0.3 is 12.1 Å². The molecule has 94 valence electrons. The van der Waals surface area contributed by atoms with E-state index in [2.05, 4.69) is 15.9 Å². The Morgan fingerprint density at radius 2 is 2.06 bits per heavy atom. The van der Waals surface area contributed by atoms with Gasteiger partial charge in [-0.1, -0.05) is 15.9 Å². The highest BCUT2D eigenvalue weighted by atomic mass is 79.9. The molecule has 1 aliphatic rings. The summed E-state index contributed by atoms with van der Waals surface area (Å²) in [4.78, 5) is 11.4. The number of hydrogen-bond donors (Lipinski definition) is 0. The Labute approximate surface area is 99.1 Å². The van der Waals surface area contributed by atoms with Crippen molar-refractivity contribution in [3.63, 3.8) is 0 Å². The minimum atomic E-state index is -4.90. The Kier molecular flexibility index (Phi) is 4.58. The van der Waals surface area contributed by atoms with Crippen molar-refractivity contribution in [1.82, 2.24) is 4.90 Å². The number of rotatable bonds is 2. The van der Waals surface area contributed by atoms with Gasteiger partial charge in [-0.2, -0.15) is 13.2 Å². The zero-order valence-corrected chi connectivity index (χ0v) is 10.0. The maximum atomic E-state index is 13.5. The first-order chi connectivity index (χ1) is 7.36. The van der Waals surface area contributed by atoms with E-state index in [0.717, 1.165) is 0 Å². The van der Waals surface area contributed by atoms with Crippen molar-refractivity contribution in [2.24, 2.45) is 5.92 Å². The second-order valence-electron chi connectivity index (χ2n) is 3.79. The van der Waals surface area contributed by atoms with Crippen LogP contribution in [0, 0.1) is 5.92 Å². The lowest BCUT2D eigenvalue weighted by atomic mass is 9.92. The molecule has 1 heterocycles. The average Bonchev–Trinajstić information content (AvgIpc) is 2.19. The molecule has 1 amide bonds. The van der Waals surface area contributed by atoms with Crippen molar-refractivity contribution in [3.8, 4) is 0 Å². The summed E-state index contributed by atoms with van der Waals surface area (Å²) in [5.74, 6) is -2.19. The molecule has 0 N–H and O–H groups in total. The van der Waals surface area contributed by atoms with Crippen LogP contribution in [0.25, 0.3) is 0 Å². The Morgan fingerprint density at radius 1 is 1.44 bits per heavy atom. The topological polar surface area (TPSA) is 20.3 Å². The van der Waals surface area contributed by atoms with Crippen molar-refractivity contribution >= 4 is 21.8 Å². The minimum absolute atomic E-state index is 0.0174. The summed E-state index contributed by atoms with van der Waals surface area (Å²) in [7, 11) is 0. The van der Waals surface area contributed by atoms with Crippen LogP contribution < -0.4 is 0 Å². The molecule has 16 heavy (non-hydrogen) atoms. The van der Waals surface area contributed by atoms with E-state index in [9.17, 15) is 22.4 Å². The zero-order chi connectivity index (χ0) is 12.3. The summed E-state index contributed by atoms with van der Waals surface area (Å²) in [6.45, 7) is -0.466. The smallest absolute Gasteiger partial charge is 0.332 e. The molecule has 0 aromatic heterocycles. The molecule has 0 saturated carbocycles. The molecule has 1 fully saturated rings. The predicted octanol–water partition coefficient (Wildman–Crippen LogP) is 2.52. The third-order valence-electron chi connectivity index (χ3n) is 2.69. The molecular formula is C9H12BrF4NO. The highest BCUT2D eigenvalue weighted by molar-refractivity contribution is 9.09. The normalized spacial score (nSPS) is 26.9. The third kappa shape index (κ3) is 3.33. The third-order valence-corrected chi connectivity index (χ3v) is 3.14. The molecule has 2 atom stereocenters. The highest BCUT2D eigenvalue weighted by Gasteiger charge is 2.44. The summed E-state index contributed by atoms with van der Waals surface area (Å²) in [6.07, 6.45) is -5.40. The van der Waals surface area contributed by atoms with E-state index >= 15 is 0 Å². The van der Waals surface area contributed by atoms with Gasteiger partial charge in [-0.15, -0.1) is 0 Å². The Hall–Kier alpha value is -0.330. The van der Waals surface area contributed by atoms with Gasteiger partial charge in [-0.05, 0) is 18.8 Å². The number of amides is 1. The van der Waals surface area contributed by atoms with Gasteiger partial charge < -0.3 is 4.90 Å². The molecule has 7 heteroatoms. The fourth-order valence-corrected chi connectivity index (χ4v) is 2.37. The lowest BCUT2D eigenvalue weighted by Gasteiger charge is -2.34.